The van der Waals surface area contributed by atoms with E-state index in [4.69, 9.17) is 5.73 Å². The van der Waals surface area contributed by atoms with E-state index in [2.05, 4.69) is 15.3 Å². The van der Waals surface area contributed by atoms with E-state index in [0.29, 0.717) is 0 Å². The van der Waals surface area contributed by atoms with Crippen molar-refractivity contribution in [3.63, 3.8) is 0 Å². The summed E-state index contributed by atoms with van der Waals surface area (Å²) in [6.07, 6.45) is 2.57. The summed E-state index contributed by atoms with van der Waals surface area (Å²) >= 11 is 0. The van der Waals surface area contributed by atoms with Crippen LogP contribution in [-0.4, -0.2) is 21.4 Å². The van der Waals surface area contributed by atoms with Crippen molar-refractivity contribution >= 4 is 47.4 Å². The van der Waals surface area contributed by atoms with Crippen LogP contribution >= 0.6 is 24.8 Å². The van der Waals surface area contributed by atoms with Gasteiger partial charge in [-0.1, -0.05) is 0 Å². The average Bonchev–Trinajstić information content (AvgIpc) is 2.65. The molecule has 110 valence electrons. The van der Waals surface area contributed by atoms with Crippen LogP contribution in [0.2, 0.25) is 0 Å². The topological polar surface area (TPSA) is 83.8 Å². The fourth-order valence-electron chi connectivity index (χ4n) is 2.26. The quantitative estimate of drug-likeness (QED) is 0.796. The molecule has 7 heteroatoms. The van der Waals surface area contributed by atoms with Crippen molar-refractivity contribution in [2.24, 2.45) is 5.73 Å². The molecule has 1 aliphatic rings. The van der Waals surface area contributed by atoms with Gasteiger partial charge in [-0.05, 0) is 44.4 Å². The standard InChI is InChI=1S/C13H16N4O.2ClH/c1-8-15-10-4-3-9(7-11(10)16-8)17-12(18)13(14)5-2-6-13;;/h3-4,7H,2,5-6,14H2,1H3,(H,15,16)(H,17,18);2*1H. The van der Waals surface area contributed by atoms with Gasteiger partial charge in [-0.25, -0.2) is 4.98 Å². The summed E-state index contributed by atoms with van der Waals surface area (Å²) in [7, 11) is 0. The first-order valence-corrected chi connectivity index (χ1v) is 6.14. The van der Waals surface area contributed by atoms with Gasteiger partial charge in [0.1, 0.15) is 5.82 Å². The zero-order chi connectivity index (χ0) is 12.8. The lowest BCUT2D eigenvalue weighted by molar-refractivity contribution is -0.123. The summed E-state index contributed by atoms with van der Waals surface area (Å²) in [6.45, 7) is 1.90. The molecule has 1 aromatic carbocycles. The lowest BCUT2D eigenvalue weighted by atomic mass is 9.77. The third-order valence-electron chi connectivity index (χ3n) is 3.56. The molecule has 4 N–H and O–H groups in total. The van der Waals surface area contributed by atoms with Crippen LogP contribution in [-0.2, 0) is 4.79 Å². The number of H-pyrrole nitrogens is 1. The summed E-state index contributed by atoms with van der Waals surface area (Å²) < 4.78 is 0. The maximum atomic E-state index is 12.0. The monoisotopic (exact) mass is 316 g/mol. The fraction of sp³-hybridized carbons (Fsp3) is 0.385. The molecule has 2 aromatic rings. The predicted molar refractivity (Wildman–Crippen MR) is 84.7 cm³/mol. The number of amides is 1. The molecule has 0 spiro atoms. The third kappa shape index (κ3) is 2.90. The van der Waals surface area contributed by atoms with Gasteiger partial charge in [0.15, 0.2) is 0 Å². The van der Waals surface area contributed by atoms with Crippen LogP contribution < -0.4 is 11.1 Å². The molecule has 0 saturated heterocycles. The van der Waals surface area contributed by atoms with E-state index < -0.39 is 5.54 Å². The Labute approximate surface area is 129 Å². The number of rotatable bonds is 2. The van der Waals surface area contributed by atoms with Gasteiger partial charge < -0.3 is 16.0 Å². The largest absolute Gasteiger partial charge is 0.342 e. The van der Waals surface area contributed by atoms with E-state index in [-0.39, 0.29) is 30.7 Å². The number of benzene rings is 1. The van der Waals surface area contributed by atoms with Crippen LogP contribution in [0.15, 0.2) is 18.2 Å². The van der Waals surface area contributed by atoms with Crippen molar-refractivity contribution in [2.75, 3.05) is 5.32 Å². The number of carbonyl (C=O) groups excluding carboxylic acids is 1. The Morgan fingerprint density at radius 1 is 1.40 bits per heavy atom. The number of aromatic amines is 1. The summed E-state index contributed by atoms with van der Waals surface area (Å²) in [6, 6.07) is 5.62. The number of nitrogens with zero attached hydrogens (tertiary/aromatic N) is 1. The van der Waals surface area contributed by atoms with Crippen molar-refractivity contribution in [2.45, 2.75) is 31.7 Å². The number of hydrogen-bond donors (Lipinski definition) is 3. The van der Waals surface area contributed by atoms with Crippen LogP contribution in [0.1, 0.15) is 25.1 Å². The van der Waals surface area contributed by atoms with Crippen LogP contribution in [0.5, 0.6) is 0 Å². The first-order valence-electron chi connectivity index (χ1n) is 6.14. The summed E-state index contributed by atoms with van der Waals surface area (Å²) in [4.78, 5) is 19.5. The van der Waals surface area contributed by atoms with E-state index in [9.17, 15) is 4.79 Å². The number of aryl methyl sites for hydroxylation is 1. The minimum absolute atomic E-state index is 0. The molecule has 5 nitrogen and oxygen atoms in total. The van der Waals surface area contributed by atoms with Crippen LogP contribution in [0.3, 0.4) is 0 Å². The summed E-state index contributed by atoms with van der Waals surface area (Å²) in [5.41, 5.74) is 7.89. The Morgan fingerprint density at radius 3 is 2.70 bits per heavy atom. The van der Waals surface area contributed by atoms with Gasteiger partial charge in [0.25, 0.3) is 0 Å². The average molecular weight is 317 g/mol. The molecule has 0 radical (unpaired) electrons. The molecule has 1 heterocycles. The van der Waals surface area contributed by atoms with Gasteiger partial charge in [-0.15, -0.1) is 24.8 Å². The van der Waals surface area contributed by atoms with Gasteiger partial charge in [0.2, 0.25) is 5.91 Å². The Bertz CT molecular complexity index is 622. The highest BCUT2D eigenvalue weighted by molar-refractivity contribution is 5.99. The minimum atomic E-state index is -0.668. The van der Waals surface area contributed by atoms with E-state index >= 15 is 0 Å². The number of nitrogens with two attached hydrogens (primary N) is 1. The number of hydrogen-bond acceptors (Lipinski definition) is 3. The maximum absolute atomic E-state index is 12.0. The molecule has 1 saturated carbocycles. The van der Waals surface area contributed by atoms with Crippen LogP contribution in [0.25, 0.3) is 11.0 Å². The van der Waals surface area contributed by atoms with Crippen molar-refractivity contribution < 1.29 is 4.79 Å². The second-order valence-electron chi connectivity index (χ2n) is 5.02. The van der Waals surface area contributed by atoms with E-state index in [1.807, 2.05) is 25.1 Å². The molecule has 0 unspecified atom stereocenters. The first kappa shape index (κ1) is 16.8. The van der Waals surface area contributed by atoms with E-state index in [1.165, 1.54) is 0 Å². The molecule has 1 aromatic heterocycles. The van der Waals surface area contributed by atoms with E-state index in [1.54, 1.807) is 0 Å². The van der Waals surface area contributed by atoms with Crippen LogP contribution in [0.4, 0.5) is 5.69 Å². The molecular weight excluding hydrogens is 299 g/mol. The molecule has 1 fully saturated rings. The van der Waals surface area contributed by atoms with E-state index in [0.717, 1.165) is 41.8 Å². The Morgan fingerprint density at radius 2 is 2.10 bits per heavy atom. The van der Waals surface area contributed by atoms with Gasteiger partial charge in [-0.2, -0.15) is 0 Å². The zero-order valence-corrected chi connectivity index (χ0v) is 12.7. The second kappa shape index (κ2) is 5.99. The van der Waals surface area contributed by atoms with Crippen molar-refractivity contribution in [1.29, 1.82) is 0 Å². The van der Waals surface area contributed by atoms with Crippen molar-refractivity contribution in [3.8, 4) is 0 Å². The SMILES string of the molecule is Cc1nc2ccc(NC(=O)C3(N)CCC3)cc2[nH]1.Cl.Cl. The normalized spacial score (nSPS) is 15.7. The minimum Gasteiger partial charge on any atom is -0.342 e. The molecule has 3 rings (SSSR count). The lowest BCUT2D eigenvalue weighted by Gasteiger charge is -2.36. The fourth-order valence-corrected chi connectivity index (χ4v) is 2.26. The van der Waals surface area contributed by atoms with Gasteiger partial charge in [0, 0.05) is 5.69 Å². The van der Waals surface area contributed by atoms with Gasteiger partial charge >= 0.3 is 0 Å². The molecular formula is C13H18Cl2N4O. The number of carbonyl (C=O) groups is 1. The van der Waals surface area contributed by atoms with Crippen molar-refractivity contribution in [1.82, 2.24) is 9.97 Å². The molecule has 0 aliphatic heterocycles. The zero-order valence-electron chi connectivity index (χ0n) is 11.1. The number of fused-ring (bicyclic) bond motifs is 1. The Balaban J connectivity index is 0.000001000. The molecule has 0 atom stereocenters. The third-order valence-corrected chi connectivity index (χ3v) is 3.56. The van der Waals surface area contributed by atoms with Crippen molar-refractivity contribution in [3.05, 3.63) is 24.0 Å². The highest BCUT2D eigenvalue weighted by atomic mass is 35.5. The molecule has 0 bridgehead atoms. The Kier molecular flexibility index (Phi) is 5.02. The number of nitrogens with one attached hydrogen (secondary N) is 2. The van der Waals surface area contributed by atoms with Gasteiger partial charge in [0.05, 0.1) is 16.6 Å². The van der Waals surface area contributed by atoms with Gasteiger partial charge in [-0.3, -0.25) is 4.79 Å². The highest BCUT2D eigenvalue weighted by Crippen LogP contribution is 2.30. The summed E-state index contributed by atoms with van der Waals surface area (Å²) in [5, 5.41) is 2.87. The second-order valence-corrected chi connectivity index (χ2v) is 5.02. The number of halogens is 2. The predicted octanol–water partition coefficient (Wildman–Crippen LogP) is 2.53. The number of imidazole rings is 1. The molecule has 1 aliphatic carbocycles. The smallest absolute Gasteiger partial charge is 0.244 e. The highest BCUT2D eigenvalue weighted by Gasteiger charge is 2.40. The number of anilines is 1. The molecule has 1 amide bonds. The maximum Gasteiger partial charge on any atom is 0.244 e. The lowest BCUT2D eigenvalue weighted by Crippen LogP contribution is -2.56. The number of aromatic nitrogens is 2. The van der Waals surface area contributed by atoms with Crippen LogP contribution in [0, 0.1) is 6.92 Å². The first-order chi connectivity index (χ1) is 8.57. The Hall–Kier alpha value is -1.30. The molecule has 20 heavy (non-hydrogen) atoms. The summed E-state index contributed by atoms with van der Waals surface area (Å²) in [5.74, 6) is 0.770.